The van der Waals surface area contributed by atoms with Crippen LogP contribution in [0.15, 0.2) is 41.0 Å². The number of hydrogen-bond acceptors (Lipinski definition) is 6. The van der Waals surface area contributed by atoms with Crippen LogP contribution in [0.3, 0.4) is 0 Å². The first-order valence-corrected chi connectivity index (χ1v) is 8.51. The van der Waals surface area contributed by atoms with Crippen LogP contribution in [0, 0.1) is 10.1 Å². The lowest BCUT2D eigenvalue weighted by atomic mass is 10.1. The lowest BCUT2D eigenvalue weighted by Gasteiger charge is -2.33. The molecular weight excluding hydrogens is 362 g/mol. The summed E-state index contributed by atoms with van der Waals surface area (Å²) < 4.78 is 10.9. The van der Waals surface area contributed by atoms with E-state index in [0.29, 0.717) is 32.1 Å². The molecule has 1 aromatic carbocycles. The second kappa shape index (κ2) is 8.31. The van der Waals surface area contributed by atoms with Gasteiger partial charge in [0.1, 0.15) is 11.3 Å². The number of carbonyl (C=O) groups excluding carboxylic acids is 1. The number of hydrogen-bond donors (Lipinski definition) is 1. The average molecular weight is 380 g/mol. The zero-order valence-electron chi connectivity index (χ0n) is 13.9. The van der Waals surface area contributed by atoms with Gasteiger partial charge in [0.2, 0.25) is 0 Å². The molecule has 2 heterocycles. The Morgan fingerprint density at radius 3 is 2.77 bits per heavy atom. The van der Waals surface area contributed by atoms with Crippen LogP contribution >= 0.6 is 11.6 Å². The zero-order valence-corrected chi connectivity index (χ0v) is 14.6. The summed E-state index contributed by atoms with van der Waals surface area (Å²) in [5, 5.41) is 14.2. The smallest absolute Gasteiger partial charge is 0.282 e. The van der Waals surface area contributed by atoms with Gasteiger partial charge in [0.15, 0.2) is 0 Å². The predicted octanol–water partition coefficient (Wildman–Crippen LogP) is 2.64. The van der Waals surface area contributed by atoms with E-state index in [9.17, 15) is 14.9 Å². The summed E-state index contributed by atoms with van der Waals surface area (Å²) in [6.45, 7) is 2.86. The lowest BCUT2D eigenvalue weighted by molar-refractivity contribution is -0.385. The molecule has 3 rings (SSSR count). The van der Waals surface area contributed by atoms with Gasteiger partial charge in [0.05, 0.1) is 30.4 Å². The molecule has 138 valence electrons. The van der Waals surface area contributed by atoms with Crippen LogP contribution in [-0.4, -0.2) is 48.6 Å². The van der Waals surface area contributed by atoms with E-state index >= 15 is 0 Å². The van der Waals surface area contributed by atoms with Crippen LogP contribution in [0.1, 0.15) is 22.2 Å². The standard InChI is InChI=1S/C17H18ClN3O5/c18-12-3-4-14(21(23)24)13(10-12)17(22)19-11-15(16-2-1-7-26-16)20-5-8-25-9-6-20/h1-4,7,10,15H,5-6,8-9,11H2,(H,19,22). The maximum absolute atomic E-state index is 12.5. The van der Waals surface area contributed by atoms with Gasteiger partial charge in [-0.1, -0.05) is 11.6 Å². The van der Waals surface area contributed by atoms with E-state index in [1.807, 2.05) is 6.07 Å². The second-order valence-electron chi connectivity index (χ2n) is 5.81. The Morgan fingerprint density at radius 1 is 1.35 bits per heavy atom. The van der Waals surface area contributed by atoms with Gasteiger partial charge in [-0.3, -0.25) is 19.8 Å². The molecule has 1 aliphatic heterocycles. The van der Waals surface area contributed by atoms with E-state index in [1.165, 1.54) is 18.2 Å². The van der Waals surface area contributed by atoms with Crippen LogP contribution in [0.4, 0.5) is 5.69 Å². The summed E-state index contributed by atoms with van der Waals surface area (Å²) >= 11 is 5.89. The van der Waals surface area contributed by atoms with Crippen molar-refractivity contribution in [1.29, 1.82) is 0 Å². The summed E-state index contributed by atoms with van der Waals surface area (Å²) in [6, 6.07) is 7.35. The predicted molar refractivity (Wildman–Crippen MR) is 94.3 cm³/mol. The third-order valence-corrected chi connectivity index (χ3v) is 4.45. The summed E-state index contributed by atoms with van der Waals surface area (Å²) in [6.07, 6.45) is 1.58. The highest BCUT2D eigenvalue weighted by Gasteiger charge is 2.27. The van der Waals surface area contributed by atoms with E-state index in [2.05, 4.69) is 10.2 Å². The first kappa shape index (κ1) is 18.4. The topological polar surface area (TPSA) is 97.9 Å². The van der Waals surface area contributed by atoms with Gasteiger partial charge in [-0.2, -0.15) is 0 Å². The molecule has 1 N–H and O–H groups in total. The fourth-order valence-corrected chi connectivity index (χ4v) is 3.09. The normalized spacial score (nSPS) is 16.2. The molecule has 1 amide bonds. The third kappa shape index (κ3) is 4.21. The Hall–Kier alpha value is -2.42. The quantitative estimate of drug-likeness (QED) is 0.612. The van der Waals surface area contributed by atoms with Crippen molar-refractivity contribution in [3.05, 3.63) is 63.1 Å². The SMILES string of the molecule is O=C(NCC(c1ccco1)N1CCOCC1)c1cc(Cl)ccc1[N+](=O)[O-]. The van der Waals surface area contributed by atoms with Crippen molar-refractivity contribution in [3.63, 3.8) is 0 Å². The summed E-state index contributed by atoms with van der Waals surface area (Å²) in [7, 11) is 0. The number of carbonyl (C=O) groups is 1. The molecule has 0 bridgehead atoms. The largest absolute Gasteiger partial charge is 0.468 e. The minimum Gasteiger partial charge on any atom is -0.468 e. The minimum atomic E-state index is -0.600. The van der Waals surface area contributed by atoms with Crippen molar-refractivity contribution in [2.24, 2.45) is 0 Å². The number of amides is 1. The molecule has 0 saturated carbocycles. The van der Waals surface area contributed by atoms with Crippen LogP contribution in [0.25, 0.3) is 0 Å². The van der Waals surface area contributed by atoms with Gasteiger partial charge in [0, 0.05) is 30.7 Å². The van der Waals surface area contributed by atoms with Gasteiger partial charge in [-0.05, 0) is 24.3 Å². The van der Waals surface area contributed by atoms with Crippen molar-refractivity contribution in [2.75, 3.05) is 32.8 Å². The molecule has 1 atom stereocenters. The summed E-state index contributed by atoms with van der Waals surface area (Å²) in [5.74, 6) is 0.164. The molecule has 1 saturated heterocycles. The molecule has 0 radical (unpaired) electrons. The molecule has 1 fully saturated rings. The fourth-order valence-electron chi connectivity index (χ4n) is 2.91. The summed E-state index contributed by atoms with van der Waals surface area (Å²) in [4.78, 5) is 25.2. The van der Waals surface area contributed by atoms with E-state index < -0.39 is 10.8 Å². The molecular formula is C17H18ClN3O5. The van der Waals surface area contributed by atoms with Gasteiger partial charge >= 0.3 is 0 Å². The van der Waals surface area contributed by atoms with E-state index in [-0.39, 0.29) is 28.9 Å². The van der Waals surface area contributed by atoms with E-state index in [4.69, 9.17) is 20.8 Å². The number of ether oxygens (including phenoxy) is 1. The van der Waals surface area contributed by atoms with Gasteiger partial charge in [0.25, 0.3) is 11.6 Å². The van der Waals surface area contributed by atoms with E-state index in [1.54, 1.807) is 12.3 Å². The monoisotopic (exact) mass is 379 g/mol. The van der Waals surface area contributed by atoms with Crippen molar-refractivity contribution < 1.29 is 18.9 Å². The Labute approximate surface area is 154 Å². The number of nitro benzene ring substituents is 1. The molecule has 2 aromatic rings. The second-order valence-corrected chi connectivity index (χ2v) is 6.24. The van der Waals surface area contributed by atoms with E-state index in [0.717, 1.165) is 0 Å². The molecule has 0 spiro atoms. The number of furan rings is 1. The first-order valence-electron chi connectivity index (χ1n) is 8.13. The van der Waals surface area contributed by atoms with Crippen LogP contribution < -0.4 is 5.32 Å². The Bertz CT molecular complexity index is 775. The molecule has 9 heteroatoms. The number of rotatable bonds is 6. The molecule has 1 unspecified atom stereocenters. The molecule has 26 heavy (non-hydrogen) atoms. The Kier molecular flexibility index (Phi) is 5.87. The van der Waals surface area contributed by atoms with Crippen molar-refractivity contribution in [1.82, 2.24) is 10.2 Å². The molecule has 0 aliphatic carbocycles. The first-order chi connectivity index (χ1) is 12.6. The number of halogens is 1. The molecule has 1 aliphatic rings. The van der Waals surface area contributed by atoms with Gasteiger partial charge < -0.3 is 14.5 Å². The van der Waals surface area contributed by atoms with Crippen molar-refractivity contribution in [2.45, 2.75) is 6.04 Å². The maximum Gasteiger partial charge on any atom is 0.282 e. The maximum atomic E-state index is 12.5. The zero-order chi connectivity index (χ0) is 18.5. The van der Waals surface area contributed by atoms with Crippen LogP contribution in [0.5, 0.6) is 0 Å². The number of morpholine rings is 1. The van der Waals surface area contributed by atoms with Gasteiger partial charge in [-0.15, -0.1) is 0 Å². The Balaban J connectivity index is 1.76. The van der Waals surface area contributed by atoms with Crippen LogP contribution in [0.2, 0.25) is 5.02 Å². The third-order valence-electron chi connectivity index (χ3n) is 4.21. The minimum absolute atomic E-state index is 0.0670. The number of nitro groups is 1. The van der Waals surface area contributed by atoms with Crippen LogP contribution in [-0.2, 0) is 4.74 Å². The van der Waals surface area contributed by atoms with Gasteiger partial charge in [-0.25, -0.2) is 0 Å². The van der Waals surface area contributed by atoms with Crippen molar-refractivity contribution >= 4 is 23.2 Å². The molecule has 8 nitrogen and oxygen atoms in total. The number of benzene rings is 1. The summed E-state index contributed by atoms with van der Waals surface area (Å²) in [5.41, 5.74) is -0.351. The highest BCUT2D eigenvalue weighted by molar-refractivity contribution is 6.31. The average Bonchev–Trinajstić information content (AvgIpc) is 3.16. The highest BCUT2D eigenvalue weighted by Crippen LogP contribution is 2.24. The Morgan fingerprint density at radius 2 is 2.12 bits per heavy atom. The van der Waals surface area contributed by atoms with Crippen molar-refractivity contribution in [3.8, 4) is 0 Å². The lowest BCUT2D eigenvalue weighted by Crippen LogP contribution is -2.43. The number of nitrogens with zero attached hydrogens (tertiary/aromatic N) is 2. The molecule has 1 aromatic heterocycles. The number of nitrogens with one attached hydrogen (secondary N) is 1. The highest BCUT2D eigenvalue weighted by atomic mass is 35.5. The fraction of sp³-hybridized carbons (Fsp3) is 0.353.